The molecule has 164 valence electrons. The van der Waals surface area contributed by atoms with Crippen molar-refractivity contribution in [2.75, 3.05) is 13.1 Å². The Hall–Kier alpha value is -3.62. The van der Waals surface area contributed by atoms with Gasteiger partial charge < -0.3 is 10.6 Å². The second kappa shape index (κ2) is 7.22. The van der Waals surface area contributed by atoms with Crippen LogP contribution in [-0.4, -0.2) is 39.2 Å². The monoisotopic (exact) mass is 440 g/mol. The van der Waals surface area contributed by atoms with Gasteiger partial charge >= 0.3 is 6.18 Å². The zero-order valence-electron chi connectivity index (χ0n) is 16.9. The number of benzene rings is 1. The minimum atomic E-state index is -4.44. The molecule has 3 aromatic heterocycles. The molecule has 32 heavy (non-hydrogen) atoms. The Kier molecular flexibility index (Phi) is 4.58. The molecule has 5 rings (SSSR count). The quantitative estimate of drug-likeness (QED) is 0.522. The number of halogens is 3. The minimum Gasteiger partial charge on any atom is -0.366 e. The predicted molar refractivity (Wildman–Crippen MR) is 112 cm³/mol. The number of nitrogens with two attached hydrogens (primary N) is 1. The smallest absolute Gasteiger partial charge is 0.366 e. The van der Waals surface area contributed by atoms with Crippen LogP contribution in [0.15, 0.2) is 48.7 Å². The second-order valence-electron chi connectivity index (χ2n) is 8.04. The number of alkyl halides is 3. The first-order valence-electron chi connectivity index (χ1n) is 10.2. The van der Waals surface area contributed by atoms with Crippen molar-refractivity contribution >= 4 is 28.5 Å². The molecule has 2 amide bonds. The molecule has 6 nitrogen and oxygen atoms in total. The average molecular weight is 440 g/mol. The van der Waals surface area contributed by atoms with Crippen LogP contribution in [0.1, 0.15) is 50.6 Å². The summed E-state index contributed by atoms with van der Waals surface area (Å²) in [6.07, 6.45) is -1.48. The number of piperidine rings is 1. The Bertz CT molecular complexity index is 1320. The summed E-state index contributed by atoms with van der Waals surface area (Å²) in [6, 6.07) is 9.80. The molecule has 4 heterocycles. The van der Waals surface area contributed by atoms with Gasteiger partial charge in [0.15, 0.2) is 0 Å². The number of carbonyl (C=O) groups excluding carboxylic acids is 2. The Morgan fingerprint density at radius 2 is 1.69 bits per heavy atom. The van der Waals surface area contributed by atoms with Gasteiger partial charge in [-0.1, -0.05) is 6.07 Å². The van der Waals surface area contributed by atoms with Crippen LogP contribution in [0.2, 0.25) is 0 Å². The van der Waals surface area contributed by atoms with Gasteiger partial charge in [-0.15, -0.1) is 0 Å². The number of likely N-dealkylation sites (tertiary alicyclic amines) is 1. The summed E-state index contributed by atoms with van der Waals surface area (Å²) in [5.74, 6) is -0.788. The molecule has 9 heteroatoms. The molecular formula is C23H19F3N4O2. The van der Waals surface area contributed by atoms with Crippen LogP contribution in [-0.2, 0) is 6.18 Å². The van der Waals surface area contributed by atoms with Gasteiger partial charge in [-0.25, -0.2) is 4.98 Å². The summed E-state index contributed by atoms with van der Waals surface area (Å²) in [5, 5.41) is 0. The number of hydrogen-bond acceptors (Lipinski definition) is 3. The van der Waals surface area contributed by atoms with Gasteiger partial charge in [0.05, 0.1) is 28.4 Å². The zero-order chi connectivity index (χ0) is 22.6. The normalized spacial score (nSPS) is 15.7. The molecule has 0 spiro atoms. The molecule has 0 bridgehead atoms. The van der Waals surface area contributed by atoms with E-state index in [9.17, 15) is 22.8 Å². The van der Waals surface area contributed by atoms with E-state index in [0.29, 0.717) is 31.5 Å². The van der Waals surface area contributed by atoms with Crippen LogP contribution < -0.4 is 5.73 Å². The zero-order valence-corrected chi connectivity index (χ0v) is 16.9. The van der Waals surface area contributed by atoms with E-state index in [0.717, 1.165) is 34.4 Å². The lowest BCUT2D eigenvalue weighted by Crippen LogP contribution is -2.38. The highest BCUT2D eigenvalue weighted by Gasteiger charge is 2.33. The van der Waals surface area contributed by atoms with E-state index in [1.54, 1.807) is 11.1 Å². The van der Waals surface area contributed by atoms with E-state index in [-0.39, 0.29) is 17.4 Å². The number of imidazole rings is 1. The highest BCUT2D eigenvalue weighted by atomic mass is 19.4. The van der Waals surface area contributed by atoms with Crippen molar-refractivity contribution in [1.82, 2.24) is 14.3 Å². The molecule has 1 aliphatic heterocycles. The van der Waals surface area contributed by atoms with Crippen LogP contribution in [0.25, 0.3) is 16.7 Å². The molecule has 1 saturated heterocycles. The number of primary amides is 1. The van der Waals surface area contributed by atoms with Crippen molar-refractivity contribution < 1.29 is 22.8 Å². The number of nitrogens with zero attached hydrogens (tertiary/aromatic N) is 3. The molecule has 1 aromatic carbocycles. The van der Waals surface area contributed by atoms with Gasteiger partial charge in [0.1, 0.15) is 5.65 Å². The first kappa shape index (κ1) is 20.3. The van der Waals surface area contributed by atoms with E-state index >= 15 is 0 Å². The van der Waals surface area contributed by atoms with Crippen molar-refractivity contribution in [2.45, 2.75) is 24.9 Å². The first-order chi connectivity index (χ1) is 15.3. The standard InChI is InChI=1S/C23H19F3N4O2/c24-23(25,26)15-6-4-14(5-7-15)22(32)29-10-8-13(9-11-29)19-17-12-28-18-3-1-2-16(30(17)18)20(19)21(27)31/h1-7,12-13H,8-11H2,(H2,27,31). The third-order valence-corrected chi connectivity index (χ3v) is 6.23. The fourth-order valence-corrected chi connectivity index (χ4v) is 4.72. The molecule has 2 N–H and O–H groups in total. The summed E-state index contributed by atoms with van der Waals surface area (Å²) in [5.41, 5.74) is 8.81. The second-order valence-corrected chi connectivity index (χ2v) is 8.04. The Morgan fingerprint density at radius 3 is 2.31 bits per heavy atom. The van der Waals surface area contributed by atoms with E-state index in [2.05, 4.69) is 4.98 Å². The molecule has 1 aliphatic rings. The lowest BCUT2D eigenvalue weighted by molar-refractivity contribution is -0.137. The third-order valence-electron chi connectivity index (χ3n) is 6.23. The predicted octanol–water partition coefficient (Wildman–Crippen LogP) is 4.06. The largest absolute Gasteiger partial charge is 0.416 e. The molecule has 0 unspecified atom stereocenters. The molecule has 0 radical (unpaired) electrons. The number of carbonyl (C=O) groups is 2. The van der Waals surface area contributed by atoms with Crippen LogP contribution in [0.5, 0.6) is 0 Å². The summed E-state index contributed by atoms with van der Waals surface area (Å²) in [7, 11) is 0. The van der Waals surface area contributed by atoms with Crippen LogP contribution in [0.3, 0.4) is 0 Å². The van der Waals surface area contributed by atoms with Gasteiger partial charge in [-0.05, 0) is 60.7 Å². The Morgan fingerprint density at radius 1 is 1.00 bits per heavy atom. The maximum atomic E-state index is 12.8. The molecule has 0 aliphatic carbocycles. The topological polar surface area (TPSA) is 80.7 Å². The Balaban J connectivity index is 1.38. The van der Waals surface area contributed by atoms with Crippen molar-refractivity contribution in [3.63, 3.8) is 0 Å². The Labute approximate surface area is 180 Å². The number of rotatable bonds is 3. The van der Waals surface area contributed by atoms with E-state index in [4.69, 9.17) is 5.73 Å². The number of amides is 2. The highest BCUT2D eigenvalue weighted by molar-refractivity contribution is 6.05. The van der Waals surface area contributed by atoms with Crippen LogP contribution in [0.4, 0.5) is 13.2 Å². The summed E-state index contributed by atoms with van der Waals surface area (Å²) >= 11 is 0. The molecule has 0 atom stereocenters. The fraction of sp³-hybridized carbons (Fsp3) is 0.261. The minimum absolute atomic E-state index is 0.0152. The van der Waals surface area contributed by atoms with Crippen molar-refractivity contribution in [3.8, 4) is 0 Å². The van der Waals surface area contributed by atoms with Gasteiger partial charge in [-0.2, -0.15) is 13.2 Å². The van der Waals surface area contributed by atoms with Crippen LogP contribution in [0, 0.1) is 0 Å². The third kappa shape index (κ3) is 3.16. The average Bonchev–Trinajstić information content (AvgIpc) is 3.35. The van der Waals surface area contributed by atoms with Crippen LogP contribution >= 0.6 is 0 Å². The summed E-state index contributed by atoms with van der Waals surface area (Å²) in [4.78, 5) is 31.1. The van der Waals surface area contributed by atoms with Crippen molar-refractivity contribution in [3.05, 3.63) is 70.9 Å². The van der Waals surface area contributed by atoms with Crippen molar-refractivity contribution in [2.24, 2.45) is 5.73 Å². The van der Waals surface area contributed by atoms with E-state index in [1.807, 2.05) is 22.6 Å². The van der Waals surface area contributed by atoms with Crippen molar-refractivity contribution in [1.29, 1.82) is 0 Å². The number of aromatic nitrogens is 2. The number of pyridine rings is 1. The maximum absolute atomic E-state index is 12.8. The van der Waals surface area contributed by atoms with Gasteiger partial charge in [0.2, 0.25) is 0 Å². The molecule has 0 saturated carbocycles. The number of hydrogen-bond donors (Lipinski definition) is 1. The van der Waals surface area contributed by atoms with Gasteiger partial charge in [0, 0.05) is 18.7 Å². The van der Waals surface area contributed by atoms with E-state index < -0.39 is 17.6 Å². The van der Waals surface area contributed by atoms with E-state index in [1.165, 1.54) is 12.1 Å². The van der Waals surface area contributed by atoms with Gasteiger partial charge in [0.25, 0.3) is 11.8 Å². The molecule has 1 fully saturated rings. The van der Waals surface area contributed by atoms with Gasteiger partial charge in [-0.3, -0.25) is 14.0 Å². The fourth-order valence-electron chi connectivity index (χ4n) is 4.72. The first-order valence-corrected chi connectivity index (χ1v) is 10.2. The maximum Gasteiger partial charge on any atom is 0.416 e. The highest BCUT2D eigenvalue weighted by Crippen LogP contribution is 2.38. The SMILES string of the molecule is NC(=O)c1c(C2CCN(C(=O)c3ccc(C(F)(F)F)cc3)CC2)c2cnc3cccc1n32. The molecular weight excluding hydrogens is 421 g/mol. The lowest BCUT2D eigenvalue weighted by atomic mass is 9.87. The molecule has 4 aromatic rings. The lowest BCUT2D eigenvalue weighted by Gasteiger charge is -2.32. The summed E-state index contributed by atoms with van der Waals surface area (Å²) in [6.45, 7) is 0.858. The summed E-state index contributed by atoms with van der Waals surface area (Å²) < 4.78 is 40.2.